The van der Waals surface area contributed by atoms with Gasteiger partial charge in [-0.15, -0.1) is 0 Å². The van der Waals surface area contributed by atoms with Gasteiger partial charge in [-0.2, -0.15) is 0 Å². The van der Waals surface area contributed by atoms with Crippen LogP contribution in [0.4, 0.5) is 0 Å². The average Bonchev–Trinajstić information content (AvgIpc) is 1.69. The van der Waals surface area contributed by atoms with Gasteiger partial charge >= 0.3 is 0 Å². The topological polar surface area (TPSA) is 0 Å². The van der Waals surface area contributed by atoms with Crippen LogP contribution in [-0.4, -0.2) is 11.5 Å². The summed E-state index contributed by atoms with van der Waals surface area (Å²) < 4.78 is 0. The van der Waals surface area contributed by atoms with Gasteiger partial charge in [-0.25, -0.2) is 0 Å². The van der Waals surface area contributed by atoms with Crippen molar-refractivity contribution in [2.24, 2.45) is 0 Å². The van der Waals surface area contributed by atoms with E-state index in [2.05, 4.69) is 12.3 Å². The molecule has 0 aromatic heterocycles. The zero-order chi connectivity index (χ0) is 5.11. The molecule has 0 N–H and O–H groups in total. The third kappa shape index (κ3) is 1.70. The van der Waals surface area contributed by atoms with Crippen LogP contribution in [0.2, 0.25) is 0 Å². The minimum atomic E-state index is 1.22. The molecule has 0 aromatic rings. The molecule has 1 aliphatic rings. The van der Waals surface area contributed by atoms with Crippen LogP contribution in [0.15, 0.2) is 11.5 Å². The second-order valence-electron chi connectivity index (χ2n) is 1.30. The first-order valence-electron chi connectivity index (χ1n) is 2.16. The van der Waals surface area contributed by atoms with E-state index in [9.17, 15) is 0 Å². The lowest BCUT2D eigenvalue weighted by atomic mass is 10.7. The van der Waals surface area contributed by atoms with E-state index >= 15 is 0 Å². The lowest BCUT2D eigenvalue weighted by Gasteiger charge is -2.01. The number of hydrogen-bond acceptors (Lipinski definition) is 2. The second kappa shape index (κ2) is 2.58. The van der Waals surface area contributed by atoms with Crippen molar-refractivity contribution in [3.05, 3.63) is 17.2 Å². The van der Waals surface area contributed by atoms with E-state index in [-0.39, 0.29) is 0 Å². The van der Waals surface area contributed by atoms with Crippen molar-refractivity contribution in [1.29, 1.82) is 0 Å². The highest BCUT2D eigenvalue weighted by Gasteiger charge is 2.10. The van der Waals surface area contributed by atoms with Crippen molar-refractivity contribution in [1.82, 2.24) is 0 Å². The Hall–Kier alpha value is 0.310. The Morgan fingerprint density at radius 1 is 1.57 bits per heavy atom. The molecule has 38 valence electrons. The van der Waals surface area contributed by atoms with Crippen LogP contribution in [0.25, 0.3) is 0 Å². The van der Waals surface area contributed by atoms with Gasteiger partial charge in [-0.3, -0.25) is 0 Å². The van der Waals surface area contributed by atoms with Crippen LogP contribution in [0.5, 0.6) is 0 Å². The Kier molecular flexibility index (Phi) is 2.00. The van der Waals surface area contributed by atoms with Crippen LogP contribution in [0.1, 0.15) is 0 Å². The molecule has 0 spiro atoms. The highest BCUT2D eigenvalue weighted by molar-refractivity contribution is 8.10. The summed E-state index contributed by atoms with van der Waals surface area (Å²) in [4.78, 5) is 1.22. The first-order valence-corrected chi connectivity index (χ1v) is 4.19. The Balaban J connectivity index is 2.25. The molecule has 1 fully saturated rings. The molecule has 0 aromatic carbocycles. The molecule has 1 saturated heterocycles. The smallest absolute Gasteiger partial charge is 0.0814 e. The van der Waals surface area contributed by atoms with Gasteiger partial charge in [0.05, 0.1) is 0 Å². The maximum absolute atomic E-state index is 3.80. The molecule has 2 heteroatoms. The van der Waals surface area contributed by atoms with Crippen LogP contribution < -0.4 is 0 Å². The minimum absolute atomic E-state index is 1.22. The Labute approximate surface area is 52.7 Å². The van der Waals surface area contributed by atoms with E-state index in [1.165, 1.54) is 16.4 Å². The van der Waals surface area contributed by atoms with Crippen molar-refractivity contribution < 1.29 is 0 Å². The van der Waals surface area contributed by atoms with Gasteiger partial charge in [0.15, 0.2) is 4.91 Å². The van der Waals surface area contributed by atoms with E-state index < -0.39 is 0 Å². The predicted octanol–water partition coefficient (Wildman–Crippen LogP) is 2.14. The number of hydrogen-bond donors (Lipinski definition) is 0. The van der Waals surface area contributed by atoms with E-state index in [1.807, 2.05) is 23.5 Å². The van der Waals surface area contributed by atoms with E-state index in [1.54, 1.807) is 0 Å². The third-order valence-electron chi connectivity index (χ3n) is 0.703. The molecule has 0 saturated carbocycles. The molecule has 0 radical (unpaired) electrons. The van der Waals surface area contributed by atoms with Gasteiger partial charge in [0.2, 0.25) is 0 Å². The SMILES string of the molecule is C=C1[CH+]SCCS1. The quantitative estimate of drug-likeness (QED) is 0.462. The average molecular weight is 131 g/mol. The zero-order valence-electron chi connectivity index (χ0n) is 4.02. The molecule has 0 bridgehead atoms. The van der Waals surface area contributed by atoms with Crippen molar-refractivity contribution >= 4 is 23.5 Å². The summed E-state index contributed by atoms with van der Waals surface area (Å²) >= 11 is 3.70. The summed E-state index contributed by atoms with van der Waals surface area (Å²) in [5.74, 6) is 4.61. The van der Waals surface area contributed by atoms with Crippen molar-refractivity contribution in [2.75, 3.05) is 11.5 Å². The fraction of sp³-hybridized carbons (Fsp3) is 0.400. The summed E-state index contributed by atoms with van der Waals surface area (Å²) in [6.45, 7) is 3.80. The normalized spacial score (nSPS) is 21.4. The summed E-state index contributed by atoms with van der Waals surface area (Å²) in [5, 5.41) is 0. The van der Waals surface area contributed by atoms with Gasteiger partial charge in [-0.05, 0) is 11.8 Å². The largest absolute Gasteiger partial charge is 0.167 e. The molecule has 0 atom stereocenters. The summed E-state index contributed by atoms with van der Waals surface area (Å²) in [5.41, 5.74) is 0. The third-order valence-corrected chi connectivity index (χ3v) is 2.90. The molecule has 0 aliphatic carbocycles. The van der Waals surface area contributed by atoms with Crippen molar-refractivity contribution in [3.8, 4) is 0 Å². The molecule has 0 nitrogen and oxygen atoms in total. The minimum Gasteiger partial charge on any atom is -0.0814 e. The zero-order valence-corrected chi connectivity index (χ0v) is 5.65. The van der Waals surface area contributed by atoms with Gasteiger partial charge in [0.1, 0.15) is 5.75 Å². The molecule has 1 heterocycles. The van der Waals surface area contributed by atoms with Crippen LogP contribution in [0.3, 0.4) is 0 Å². The Morgan fingerprint density at radius 3 is 2.71 bits per heavy atom. The van der Waals surface area contributed by atoms with Gasteiger partial charge in [-0.1, -0.05) is 11.8 Å². The highest BCUT2D eigenvalue weighted by Crippen LogP contribution is 2.29. The molecule has 0 unspecified atom stereocenters. The first-order chi connectivity index (χ1) is 3.39. The van der Waals surface area contributed by atoms with Gasteiger partial charge in [0, 0.05) is 18.1 Å². The number of thioether (sulfide) groups is 2. The summed E-state index contributed by atoms with van der Waals surface area (Å²) in [6, 6.07) is 0. The second-order valence-corrected chi connectivity index (χ2v) is 3.50. The molecular formula is C5H7S2+. The van der Waals surface area contributed by atoms with Crippen LogP contribution in [-0.2, 0) is 0 Å². The first kappa shape index (κ1) is 5.45. The van der Waals surface area contributed by atoms with E-state index in [0.717, 1.165) is 0 Å². The number of rotatable bonds is 0. The highest BCUT2D eigenvalue weighted by atomic mass is 32.2. The standard InChI is InChI=1S/C5H7S2/c1-5-4-6-2-3-7-5/h4H,1-3H2/q+1. The summed E-state index contributed by atoms with van der Waals surface area (Å²) in [6.07, 6.45) is 0. The van der Waals surface area contributed by atoms with Crippen molar-refractivity contribution in [2.45, 2.75) is 0 Å². The van der Waals surface area contributed by atoms with Crippen LogP contribution in [0, 0.1) is 5.75 Å². The summed E-state index contributed by atoms with van der Waals surface area (Å²) in [7, 11) is 0. The van der Waals surface area contributed by atoms with Crippen LogP contribution >= 0.6 is 23.5 Å². The van der Waals surface area contributed by atoms with E-state index in [0.29, 0.717) is 0 Å². The molecule has 0 amide bonds. The molecular weight excluding hydrogens is 124 g/mol. The predicted molar refractivity (Wildman–Crippen MR) is 38.4 cm³/mol. The Bertz CT molecular complexity index is 70.1. The maximum atomic E-state index is 3.80. The monoisotopic (exact) mass is 131 g/mol. The van der Waals surface area contributed by atoms with E-state index in [4.69, 9.17) is 0 Å². The fourth-order valence-corrected chi connectivity index (χ4v) is 2.17. The molecule has 1 rings (SSSR count). The Morgan fingerprint density at radius 2 is 2.43 bits per heavy atom. The molecule has 1 aliphatic heterocycles. The fourth-order valence-electron chi connectivity index (χ4n) is 0.407. The lowest BCUT2D eigenvalue weighted by Crippen LogP contribution is -1.90. The van der Waals surface area contributed by atoms with Gasteiger partial charge < -0.3 is 0 Å². The lowest BCUT2D eigenvalue weighted by molar-refractivity contribution is 1.54. The van der Waals surface area contributed by atoms with Gasteiger partial charge in [0.25, 0.3) is 0 Å². The maximum Gasteiger partial charge on any atom is 0.167 e. The molecule has 7 heavy (non-hydrogen) atoms. The van der Waals surface area contributed by atoms with Crippen molar-refractivity contribution in [3.63, 3.8) is 0 Å².